The Morgan fingerprint density at radius 3 is 2.55 bits per heavy atom. The van der Waals surface area contributed by atoms with Gasteiger partial charge in [-0.2, -0.15) is 0 Å². The molecule has 0 fully saturated rings. The van der Waals surface area contributed by atoms with Crippen molar-refractivity contribution in [1.29, 1.82) is 0 Å². The van der Waals surface area contributed by atoms with Crippen LogP contribution in [0.15, 0.2) is 58.6 Å². The fourth-order valence-electron chi connectivity index (χ4n) is 1.87. The maximum Gasteiger partial charge on any atom is 0.335 e. The quantitative estimate of drug-likeness (QED) is 0.804. The maximum atomic E-state index is 12.1. The lowest BCUT2D eigenvalue weighted by Gasteiger charge is -2.06. The molecule has 2 N–H and O–H groups in total. The van der Waals surface area contributed by atoms with Crippen LogP contribution in [0.5, 0.6) is 0 Å². The summed E-state index contributed by atoms with van der Waals surface area (Å²) in [6, 6.07) is 13.7. The van der Waals surface area contributed by atoms with Crippen LogP contribution in [-0.4, -0.2) is 17.0 Å². The molecule has 0 atom stereocenters. The van der Waals surface area contributed by atoms with Gasteiger partial charge in [0.25, 0.3) is 5.91 Å². The Labute approximate surface area is 136 Å². The van der Waals surface area contributed by atoms with Gasteiger partial charge < -0.3 is 10.4 Å². The Morgan fingerprint density at radius 1 is 1.14 bits per heavy atom. The number of carbonyl (C=O) groups excluding carboxylic acids is 1. The molecule has 4 nitrogen and oxygen atoms in total. The van der Waals surface area contributed by atoms with E-state index < -0.39 is 5.97 Å². The Balaban J connectivity index is 2.14. The normalized spacial score (nSPS) is 11.1. The maximum absolute atomic E-state index is 12.1. The smallest absolute Gasteiger partial charge is 0.335 e. The lowest BCUT2D eigenvalue weighted by molar-refractivity contribution is -0.112. The molecule has 22 heavy (non-hydrogen) atoms. The van der Waals surface area contributed by atoms with E-state index in [1.807, 2.05) is 24.3 Å². The van der Waals surface area contributed by atoms with E-state index in [1.54, 1.807) is 25.1 Å². The number of carbonyl (C=O) groups is 2. The third kappa shape index (κ3) is 4.30. The third-order valence-corrected chi connectivity index (χ3v) is 3.45. The summed E-state index contributed by atoms with van der Waals surface area (Å²) in [4.78, 5) is 23.1. The summed E-state index contributed by atoms with van der Waals surface area (Å²) < 4.78 is 0.934. The predicted octanol–water partition coefficient (Wildman–Crippen LogP) is 4.19. The second-order valence-corrected chi connectivity index (χ2v) is 5.64. The van der Waals surface area contributed by atoms with Gasteiger partial charge in [-0.05, 0) is 48.9 Å². The van der Waals surface area contributed by atoms with E-state index in [0.29, 0.717) is 11.3 Å². The van der Waals surface area contributed by atoms with Gasteiger partial charge in [0.2, 0.25) is 0 Å². The number of rotatable bonds is 4. The van der Waals surface area contributed by atoms with Crippen molar-refractivity contribution < 1.29 is 14.7 Å². The van der Waals surface area contributed by atoms with Crippen LogP contribution >= 0.6 is 15.9 Å². The minimum atomic E-state index is -1.03. The van der Waals surface area contributed by atoms with Gasteiger partial charge in [-0.1, -0.05) is 34.1 Å². The molecule has 0 bridgehead atoms. The summed E-state index contributed by atoms with van der Waals surface area (Å²) in [6.45, 7) is 1.71. The lowest BCUT2D eigenvalue weighted by atomic mass is 10.1. The van der Waals surface area contributed by atoms with Gasteiger partial charge >= 0.3 is 5.97 Å². The average Bonchev–Trinajstić information content (AvgIpc) is 2.47. The SMILES string of the molecule is CC(=Cc1cccc(Br)c1)C(=O)Nc1cccc(C(=O)O)c1. The summed E-state index contributed by atoms with van der Waals surface area (Å²) in [5.41, 5.74) is 2.01. The molecule has 0 aliphatic rings. The zero-order valence-corrected chi connectivity index (χ0v) is 13.4. The second-order valence-electron chi connectivity index (χ2n) is 4.72. The van der Waals surface area contributed by atoms with Crippen molar-refractivity contribution >= 4 is 39.6 Å². The first-order valence-electron chi connectivity index (χ1n) is 6.54. The molecular weight excluding hydrogens is 346 g/mol. The molecule has 5 heteroatoms. The Kier molecular flexibility index (Phi) is 5.12. The van der Waals surface area contributed by atoms with E-state index >= 15 is 0 Å². The van der Waals surface area contributed by atoms with Gasteiger partial charge in [-0.25, -0.2) is 4.79 Å². The van der Waals surface area contributed by atoms with Crippen LogP contribution in [0.2, 0.25) is 0 Å². The molecule has 0 saturated carbocycles. The fraction of sp³-hybridized carbons (Fsp3) is 0.0588. The molecule has 0 aromatic heterocycles. The molecular formula is C17H14BrNO3. The van der Waals surface area contributed by atoms with Crippen molar-refractivity contribution in [3.05, 3.63) is 69.7 Å². The molecule has 0 spiro atoms. The minimum Gasteiger partial charge on any atom is -0.478 e. The summed E-state index contributed by atoms with van der Waals surface area (Å²) in [6.07, 6.45) is 1.77. The van der Waals surface area contributed by atoms with E-state index in [0.717, 1.165) is 10.0 Å². The first-order chi connectivity index (χ1) is 10.5. The Morgan fingerprint density at radius 2 is 1.86 bits per heavy atom. The van der Waals surface area contributed by atoms with E-state index in [4.69, 9.17) is 5.11 Å². The molecule has 112 valence electrons. The van der Waals surface area contributed by atoms with Gasteiger partial charge in [-0.15, -0.1) is 0 Å². The van der Waals surface area contributed by atoms with Crippen LogP contribution in [-0.2, 0) is 4.79 Å². The summed E-state index contributed by atoms with van der Waals surface area (Å²) in [7, 11) is 0. The zero-order chi connectivity index (χ0) is 16.1. The number of anilines is 1. The van der Waals surface area contributed by atoms with E-state index in [9.17, 15) is 9.59 Å². The molecule has 0 saturated heterocycles. The second kappa shape index (κ2) is 7.04. The topological polar surface area (TPSA) is 66.4 Å². The van der Waals surface area contributed by atoms with Crippen LogP contribution in [0.1, 0.15) is 22.8 Å². The number of nitrogens with one attached hydrogen (secondary N) is 1. The van der Waals surface area contributed by atoms with Gasteiger partial charge in [0.05, 0.1) is 5.56 Å². The average molecular weight is 360 g/mol. The number of amides is 1. The van der Waals surface area contributed by atoms with E-state index in [-0.39, 0.29) is 11.5 Å². The molecule has 0 aliphatic carbocycles. The number of halogens is 1. The van der Waals surface area contributed by atoms with Crippen molar-refractivity contribution in [2.24, 2.45) is 0 Å². The molecule has 1 amide bonds. The van der Waals surface area contributed by atoms with Crippen LogP contribution in [0.4, 0.5) is 5.69 Å². The third-order valence-electron chi connectivity index (χ3n) is 2.96. The van der Waals surface area contributed by atoms with Crippen LogP contribution in [0.25, 0.3) is 6.08 Å². The first kappa shape index (κ1) is 16.0. The molecule has 0 radical (unpaired) electrons. The molecule has 2 rings (SSSR count). The van der Waals surface area contributed by atoms with Crippen molar-refractivity contribution in [3.63, 3.8) is 0 Å². The van der Waals surface area contributed by atoms with Crippen molar-refractivity contribution in [3.8, 4) is 0 Å². The van der Waals surface area contributed by atoms with Crippen LogP contribution < -0.4 is 5.32 Å². The monoisotopic (exact) mass is 359 g/mol. The largest absolute Gasteiger partial charge is 0.478 e. The first-order valence-corrected chi connectivity index (χ1v) is 7.33. The van der Waals surface area contributed by atoms with Crippen LogP contribution in [0.3, 0.4) is 0 Å². The Bertz CT molecular complexity index is 753. The number of hydrogen-bond donors (Lipinski definition) is 2. The standard InChI is InChI=1S/C17H14BrNO3/c1-11(8-12-4-2-6-14(18)9-12)16(20)19-15-7-3-5-13(10-15)17(21)22/h2-10H,1H3,(H,19,20)(H,21,22). The molecule has 2 aromatic rings. The highest BCUT2D eigenvalue weighted by molar-refractivity contribution is 9.10. The highest BCUT2D eigenvalue weighted by Crippen LogP contribution is 2.16. The number of benzene rings is 2. The highest BCUT2D eigenvalue weighted by atomic mass is 79.9. The van der Waals surface area contributed by atoms with Crippen molar-refractivity contribution in [2.45, 2.75) is 6.92 Å². The fourth-order valence-corrected chi connectivity index (χ4v) is 2.29. The molecule has 0 unspecified atom stereocenters. The number of carboxylic acids is 1. The zero-order valence-electron chi connectivity index (χ0n) is 11.8. The van der Waals surface area contributed by atoms with Crippen LogP contribution in [0, 0.1) is 0 Å². The highest BCUT2D eigenvalue weighted by Gasteiger charge is 2.08. The Hall–Kier alpha value is -2.40. The minimum absolute atomic E-state index is 0.131. The van der Waals surface area contributed by atoms with Gasteiger partial charge in [-0.3, -0.25) is 4.79 Å². The number of aromatic carboxylic acids is 1. The van der Waals surface area contributed by atoms with Gasteiger partial charge in [0.1, 0.15) is 0 Å². The molecule has 0 heterocycles. The predicted molar refractivity (Wildman–Crippen MR) is 89.8 cm³/mol. The number of hydrogen-bond acceptors (Lipinski definition) is 2. The van der Waals surface area contributed by atoms with Crippen molar-refractivity contribution in [2.75, 3.05) is 5.32 Å². The summed E-state index contributed by atoms with van der Waals surface area (Å²) >= 11 is 3.38. The van der Waals surface area contributed by atoms with Gasteiger partial charge in [0, 0.05) is 15.7 Å². The number of carboxylic acid groups (broad SMARTS) is 1. The van der Waals surface area contributed by atoms with E-state index in [2.05, 4.69) is 21.2 Å². The summed E-state index contributed by atoms with van der Waals surface area (Å²) in [5.74, 6) is -1.31. The summed E-state index contributed by atoms with van der Waals surface area (Å²) in [5, 5.41) is 11.6. The van der Waals surface area contributed by atoms with Gasteiger partial charge in [0.15, 0.2) is 0 Å². The molecule has 2 aromatic carbocycles. The van der Waals surface area contributed by atoms with E-state index in [1.165, 1.54) is 12.1 Å². The molecule has 0 aliphatic heterocycles. The van der Waals surface area contributed by atoms with Crippen molar-refractivity contribution in [1.82, 2.24) is 0 Å². The lowest BCUT2D eigenvalue weighted by Crippen LogP contribution is -2.13.